The van der Waals surface area contributed by atoms with Crippen molar-refractivity contribution in [3.8, 4) is 0 Å². The smallest absolute Gasteiger partial charge is 0.307 e. The zero-order chi connectivity index (χ0) is 13.5. The normalized spacial score (nSPS) is 10.0. The Morgan fingerprint density at radius 2 is 1.94 bits per heavy atom. The van der Waals surface area contributed by atoms with E-state index in [0.717, 1.165) is 17.2 Å². The van der Waals surface area contributed by atoms with Crippen LogP contribution in [0.1, 0.15) is 24.7 Å². The standard InChI is InChI=1S/C12H20N4O2/c1-5-18-10(17)6-7-14-12-8(2)11(13-4)15-9(3)16-12/h5-7H2,1-4H3,(H2,13,14,15,16). The van der Waals surface area contributed by atoms with Crippen LogP contribution in [0.5, 0.6) is 0 Å². The van der Waals surface area contributed by atoms with Crippen molar-refractivity contribution < 1.29 is 9.53 Å². The van der Waals surface area contributed by atoms with Gasteiger partial charge in [-0.15, -0.1) is 0 Å². The molecule has 0 aliphatic rings. The van der Waals surface area contributed by atoms with Gasteiger partial charge >= 0.3 is 5.97 Å². The number of esters is 1. The van der Waals surface area contributed by atoms with Gasteiger partial charge in [0.1, 0.15) is 17.5 Å². The van der Waals surface area contributed by atoms with Crippen LogP contribution in [0.4, 0.5) is 11.6 Å². The van der Waals surface area contributed by atoms with Gasteiger partial charge in [0.05, 0.1) is 13.0 Å². The number of hydrogen-bond donors (Lipinski definition) is 2. The first-order valence-electron chi connectivity index (χ1n) is 6.01. The Balaban J connectivity index is 2.62. The minimum atomic E-state index is -0.206. The molecule has 0 aliphatic carbocycles. The van der Waals surface area contributed by atoms with Crippen LogP contribution in [0.25, 0.3) is 0 Å². The highest BCUT2D eigenvalue weighted by Crippen LogP contribution is 2.18. The largest absolute Gasteiger partial charge is 0.466 e. The highest BCUT2D eigenvalue weighted by Gasteiger charge is 2.08. The summed E-state index contributed by atoms with van der Waals surface area (Å²) >= 11 is 0. The van der Waals surface area contributed by atoms with Crippen molar-refractivity contribution in [2.24, 2.45) is 0 Å². The predicted octanol–water partition coefficient (Wildman–Crippen LogP) is 1.50. The number of aryl methyl sites for hydroxylation is 1. The number of carbonyl (C=O) groups excluding carboxylic acids is 1. The number of hydrogen-bond acceptors (Lipinski definition) is 6. The van der Waals surface area contributed by atoms with Crippen LogP contribution in [0.15, 0.2) is 0 Å². The number of ether oxygens (including phenoxy) is 1. The van der Waals surface area contributed by atoms with E-state index in [4.69, 9.17) is 4.74 Å². The lowest BCUT2D eigenvalue weighted by Gasteiger charge is -2.12. The maximum absolute atomic E-state index is 11.2. The molecule has 0 atom stereocenters. The van der Waals surface area contributed by atoms with Gasteiger partial charge in [0.25, 0.3) is 0 Å². The molecule has 0 saturated carbocycles. The van der Waals surface area contributed by atoms with E-state index in [1.165, 1.54) is 0 Å². The number of nitrogens with one attached hydrogen (secondary N) is 2. The summed E-state index contributed by atoms with van der Waals surface area (Å²) < 4.78 is 4.85. The van der Waals surface area contributed by atoms with E-state index in [1.807, 2.05) is 20.9 Å². The van der Waals surface area contributed by atoms with E-state index < -0.39 is 0 Å². The Bertz CT molecular complexity index is 421. The quantitative estimate of drug-likeness (QED) is 0.747. The fourth-order valence-electron chi connectivity index (χ4n) is 1.56. The average molecular weight is 252 g/mol. The van der Waals surface area contributed by atoms with Gasteiger partial charge in [-0.2, -0.15) is 0 Å². The van der Waals surface area contributed by atoms with Crippen LogP contribution in [0.2, 0.25) is 0 Å². The molecule has 0 bridgehead atoms. The lowest BCUT2D eigenvalue weighted by molar-refractivity contribution is -0.142. The molecule has 6 heteroatoms. The summed E-state index contributed by atoms with van der Waals surface area (Å²) in [5, 5.41) is 6.14. The summed E-state index contributed by atoms with van der Waals surface area (Å²) in [5.41, 5.74) is 0.937. The van der Waals surface area contributed by atoms with E-state index in [1.54, 1.807) is 6.92 Å². The second-order valence-electron chi connectivity index (χ2n) is 3.82. The fourth-order valence-corrected chi connectivity index (χ4v) is 1.56. The Kier molecular flexibility index (Phi) is 5.35. The minimum absolute atomic E-state index is 0.206. The van der Waals surface area contributed by atoms with Gasteiger partial charge in [0, 0.05) is 19.2 Å². The lowest BCUT2D eigenvalue weighted by Crippen LogP contribution is -2.14. The van der Waals surface area contributed by atoms with Crippen LogP contribution in [-0.2, 0) is 9.53 Å². The summed E-state index contributed by atoms with van der Waals surface area (Å²) in [6, 6.07) is 0. The molecule has 1 aromatic rings. The third-order valence-corrected chi connectivity index (χ3v) is 2.42. The van der Waals surface area contributed by atoms with Crippen molar-refractivity contribution in [3.05, 3.63) is 11.4 Å². The van der Waals surface area contributed by atoms with Gasteiger partial charge in [-0.25, -0.2) is 9.97 Å². The maximum atomic E-state index is 11.2. The SMILES string of the molecule is CCOC(=O)CCNc1nc(C)nc(NC)c1C. The first-order valence-corrected chi connectivity index (χ1v) is 6.01. The van der Waals surface area contributed by atoms with Crippen LogP contribution >= 0.6 is 0 Å². The molecule has 6 nitrogen and oxygen atoms in total. The van der Waals surface area contributed by atoms with Gasteiger partial charge in [0.2, 0.25) is 0 Å². The third-order valence-electron chi connectivity index (χ3n) is 2.42. The van der Waals surface area contributed by atoms with Crippen LogP contribution in [0, 0.1) is 13.8 Å². The number of anilines is 2. The first-order chi connectivity index (χ1) is 8.58. The molecular weight excluding hydrogens is 232 g/mol. The second kappa shape index (κ2) is 6.78. The molecule has 0 saturated heterocycles. The molecule has 18 heavy (non-hydrogen) atoms. The lowest BCUT2D eigenvalue weighted by atomic mass is 10.3. The number of nitrogens with zero attached hydrogens (tertiary/aromatic N) is 2. The highest BCUT2D eigenvalue weighted by molar-refractivity contribution is 5.70. The van der Waals surface area contributed by atoms with Crippen molar-refractivity contribution >= 4 is 17.6 Å². The zero-order valence-electron chi connectivity index (χ0n) is 11.3. The monoisotopic (exact) mass is 252 g/mol. The van der Waals surface area contributed by atoms with Gasteiger partial charge < -0.3 is 15.4 Å². The van der Waals surface area contributed by atoms with Crippen LogP contribution < -0.4 is 10.6 Å². The summed E-state index contributed by atoms with van der Waals surface area (Å²) in [7, 11) is 1.82. The topological polar surface area (TPSA) is 76.1 Å². The molecule has 0 fully saturated rings. The molecule has 0 amide bonds. The van der Waals surface area contributed by atoms with E-state index in [2.05, 4.69) is 20.6 Å². The van der Waals surface area contributed by atoms with Crippen LogP contribution in [-0.4, -0.2) is 36.1 Å². The summed E-state index contributed by atoms with van der Waals surface area (Å²) in [6.45, 7) is 6.46. The molecule has 0 unspecified atom stereocenters. The Labute approximate surface area is 107 Å². The number of carbonyl (C=O) groups is 1. The predicted molar refractivity (Wildman–Crippen MR) is 70.8 cm³/mol. The molecule has 0 radical (unpaired) electrons. The van der Waals surface area contributed by atoms with E-state index in [0.29, 0.717) is 25.4 Å². The number of rotatable bonds is 6. The van der Waals surface area contributed by atoms with Gasteiger partial charge in [-0.1, -0.05) is 0 Å². The van der Waals surface area contributed by atoms with Crippen LogP contribution in [0.3, 0.4) is 0 Å². The third kappa shape index (κ3) is 3.87. The number of aromatic nitrogens is 2. The molecule has 0 spiro atoms. The summed E-state index contributed by atoms with van der Waals surface area (Å²) in [5.74, 6) is 2.02. The average Bonchev–Trinajstić information content (AvgIpc) is 2.33. The molecule has 1 aromatic heterocycles. The fraction of sp³-hybridized carbons (Fsp3) is 0.583. The first kappa shape index (κ1) is 14.2. The summed E-state index contributed by atoms with van der Waals surface area (Å²) in [4.78, 5) is 19.8. The molecule has 2 N–H and O–H groups in total. The van der Waals surface area contributed by atoms with Crippen molar-refractivity contribution in [1.29, 1.82) is 0 Å². The van der Waals surface area contributed by atoms with Crippen molar-refractivity contribution in [2.75, 3.05) is 30.8 Å². The molecule has 100 valence electrons. The second-order valence-corrected chi connectivity index (χ2v) is 3.82. The molecular formula is C12H20N4O2. The molecule has 1 rings (SSSR count). The van der Waals surface area contributed by atoms with E-state index >= 15 is 0 Å². The van der Waals surface area contributed by atoms with Crippen molar-refractivity contribution in [1.82, 2.24) is 9.97 Å². The minimum Gasteiger partial charge on any atom is -0.466 e. The van der Waals surface area contributed by atoms with Crippen molar-refractivity contribution in [3.63, 3.8) is 0 Å². The summed E-state index contributed by atoms with van der Waals surface area (Å²) in [6.07, 6.45) is 0.325. The van der Waals surface area contributed by atoms with Gasteiger partial charge in [0.15, 0.2) is 0 Å². The van der Waals surface area contributed by atoms with Crippen molar-refractivity contribution in [2.45, 2.75) is 27.2 Å². The molecule has 1 heterocycles. The molecule has 0 aromatic carbocycles. The van der Waals surface area contributed by atoms with E-state index in [9.17, 15) is 4.79 Å². The van der Waals surface area contributed by atoms with E-state index in [-0.39, 0.29) is 5.97 Å². The zero-order valence-corrected chi connectivity index (χ0v) is 11.3. The van der Waals surface area contributed by atoms with Gasteiger partial charge in [-0.05, 0) is 20.8 Å². The Morgan fingerprint density at radius 3 is 2.56 bits per heavy atom. The maximum Gasteiger partial charge on any atom is 0.307 e. The van der Waals surface area contributed by atoms with Gasteiger partial charge in [-0.3, -0.25) is 4.79 Å². The molecule has 0 aliphatic heterocycles. The Hall–Kier alpha value is -1.85. The Morgan fingerprint density at radius 1 is 1.28 bits per heavy atom. The highest BCUT2D eigenvalue weighted by atomic mass is 16.5.